The largest absolute Gasteiger partial charge is 0.347 e. The first-order chi connectivity index (χ1) is 12.8. The van der Waals surface area contributed by atoms with E-state index in [0.29, 0.717) is 11.4 Å². The Kier molecular flexibility index (Phi) is 5.21. The van der Waals surface area contributed by atoms with Gasteiger partial charge in [0, 0.05) is 28.4 Å². The summed E-state index contributed by atoms with van der Waals surface area (Å²) in [5.74, 6) is 0.617. The van der Waals surface area contributed by atoms with Crippen LogP contribution in [0.5, 0.6) is 0 Å². The maximum absolute atomic E-state index is 12.2. The molecule has 0 aliphatic heterocycles. The van der Waals surface area contributed by atoms with Gasteiger partial charge < -0.3 is 10.6 Å². The summed E-state index contributed by atoms with van der Waals surface area (Å²) in [5.41, 5.74) is 4.31. The van der Waals surface area contributed by atoms with Gasteiger partial charge in [-0.25, -0.2) is 9.97 Å². The molecule has 2 N–H and O–H groups in total. The van der Waals surface area contributed by atoms with E-state index >= 15 is 0 Å². The zero-order valence-corrected chi connectivity index (χ0v) is 16.1. The highest BCUT2D eigenvalue weighted by molar-refractivity contribution is 5.95. The van der Waals surface area contributed by atoms with E-state index in [2.05, 4.69) is 39.7 Å². The van der Waals surface area contributed by atoms with Gasteiger partial charge >= 0.3 is 0 Å². The normalized spacial score (nSPS) is 11.1. The first kappa shape index (κ1) is 18.6. The van der Waals surface area contributed by atoms with E-state index in [1.807, 2.05) is 51.1 Å². The number of carbonyl (C=O) groups is 1. The second kappa shape index (κ2) is 7.58. The average molecular weight is 360 g/mol. The molecule has 0 aliphatic carbocycles. The molecule has 0 aliphatic rings. The fourth-order valence-corrected chi connectivity index (χ4v) is 2.65. The van der Waals surface area contributed by atoms with Crippen LogP contribution in [0, 0.1) is 6.92 Å². The smallest absolute Gasteiger partial charge is 0.251 e. The first-order valence-corrected chi connectivity index (χ1v) is 8.89. The fraction of sp³-hybridized carbons (Fsp3) is 0.227. The number of amides is 1. The summed E-state index contributed by atoms with van der Waals surface area (Å²) in [7, 11) is 0. The van der Waals surface area contributed by atoms with Crippen LogP contribution in [0.3, 0.4) is 0 Å². The molecule has 5 nitrogen and oxygen atoms in total. The van der Waals surface area contributed by atoms with Gasteiger partial charge in [0.05, 0.1) is 5.69 Å². The summed E-state index contributed by atoms with van der Waals surface area (Å²) in [6, 6.07) is 17.4. The number of nitrogens with one attached hydrogen (secondary N) is 2. The number of hydrogen-bond donors (Lipinski definition) is 2. The minimum Gasteiger partial charge on any atom is -0.347 e. The van der Waals surface area contributed by atoms with Gasteiger partial charge in [0.2, 0.25) is 0 Å². The Morgan fingerprint density at radius 2 is 1.70 bits per heavy atom. The molecule has 2 aromatic carbocycles. The lowest BCUT2D eigenvalue weighted by Gasteiger charge is -2.20. The molecule has 0 saturated carbocycles. The molecule has 0 fully saturated rings. The highest BCUT2D eigenvalue weighted by Gasteiger charge is 2.15. The molecular weight excluding hydrogens is 336 g/mol. The molecule has 3 aromatic rings. The van der Waals surface area contributed by atoms with Gasteiger partial charge in [-0.15, -0.1) is 0 Å². The molecule has 1 amide bonds. The molecule has 0 spiro atoms. The van der Waals surface area contributed by atoms with Crippen LogP contribution < -0.4 is 10.6 Å². The van der Waals surface area contributed by atoms with Crippen LogP contribution in [-0.2, 0) is 0 Å². The summed E-state index contributed by atoms with van der Waals surface area (Å²) in [6.07, 6.45) is 1.55. The van der Waals surface area contributed by atoms with Crippen LogP contribution in [0.2, 0.25) is 0 Å². The topological polar surface area (TPSA) is 66.9 Å². The predicted molar refractivity (Wildman–Crippen MR) is 109 cm³/mol. The van der Waals surface area contributed by atoms with Gasteiger partial charge in [-0.05, 0) is 58.0 Å². The van der Waals surface area contributed by atoms with Crippen molar-refractivity contribution in [2.75, 3.05) is 5.32 Å². The number of rotatable bonds is 4. The summed E-state index contributed by atoms with van der Waals surface area (Å²) < 4.78 is 0. The zero-order chi connectivity index (χ0) is 19.4. The van der Waals surface area contributed by atoms with Crippen molar-refractivity contribution in [3.63, 3.8) is 0 Å². The first-order valence-electron chi connectivity index (χ1n) is 8.89. The Morgan fingerprint density at radius 1 is 0.963 bits per heavy atom. The van der Waals surface area contributed by atoms with E-state index in [9.17, 15) is 4.79 Å². The van der Waals surface area contributed by atoms with Crippen molar-refractivity contribution >= 4 is 17.4 Å². The molecule has 27 heavy (non-hydrogen) atoms. The summed E-state index contributed by atoms with van der Waals surface area (Å²) in [6.45, 7) is 7.94. The molecule has 5 heteroatoms. The Morgan fingerprint density at radius 3 is 2.37 bits per heavy atom. The highest BCUT2D eigenvalue weighted by atomic mass is 16.1. The van der Waals surface area contributed by atoms with Crippen molar-refractivity contribution in [3.05, 3.63) is 72.1 Å². The van der Waals surface area contributed by atoms with E-state index < -0.39 is 0 Å². The van der Waals surface area contributed by atoms with E-state index in [4.69, 9.17) is 0 Å². The van der Waals surface area contributed by atoms with E-state index in [1.165, 1.54) is 5.56 Å². The van der Waals surface area contributed by atoms with Crippen LogP contribution in [0.4, 0.5) is 11.5 Å². The standard InChI is InChI=1S/C22H24N4O/c1-15-6-5-7-17(12-15)19-13-20(24-14-23-19)25-18-10-8-16(9-11-18)21(27)26-22(2,3)4/h5-14H,1-4H3,(H,26,27)(H,23,24,25). The lowest BCUT2D eigenvalue weighted by atomic mass is 10.1. The molecule has 0 saturated heterocycles. The van der Waals surface area contributed by atoms with Crippen LogP contribution in [0.1, 0.15) is 36.7 Å². The minimum atomic E-state index is -0.263. The average Bonchev–Trinajstić information content (AvgIpc) is 2.61. The van der Waals surface area contributed by atoms with Gasteiger partial charge in [-0.2, -0.15) is 0 Å². The molecule has 3 rings (SSSR count). The number of carbonyl (C=O) groups excluding carboxylic acids is 1. The lowest BCUT2D eigenvalue weighted by Crippen LogP contribution is -2.40. The van der Waals surface area contributed by atoms with Crippen molar-refractivity contribution in [2.24, 2.45) is 0 Å². The van der Waals surface area contributed by atoms with Gasteiger partial charge in [-0.1, -0.05) is 23.8 Å². The lowest BCUT2D eigenvalue weighted by molar-refractivity contribution is 0.0919. The van der Waals surface area contributed by atoms with Crippen molar-refractivity contribution in [3.8, 4) is 11.3 Å². The highest BCUT2D eigenvalue weighted by Crippen LogP contribution is 2.22. The summed E-state index contributed by atoms with van der Waals surface area (Å²) in [4.78, 5) is 20.9. The third-order valence-corrected chi connectivity index (χ3v) is 3.89. The number of aryl methyl sites for hydroxylation is 1. The van der Waals surface area contributed by atoms with Gasteiger partial charge in [0.15, 0.2) is 0 Å². The SMILES string of the molecule is Cc1cccc(-c2cc(Nc3ccc(C(=O)NC(C)(C)C)cc3)ncn2)c1. The quantitative estimate of drug-likeness (QED) is 0.706. The van der Waals surface area contributed by atoms with E-state index in [-0.39, 0.29) is 11.4 Å². The van der Waals surface area contributed by atoms with E-state index in [0.717, 1.165) is 16.9 Å². The third-order valence-electron chi connectivity index (χ3n) is 3.89. The molecule has 0 bridgehead atoms. The van der Waals surface area contributed by atoms with Gasteiger partial charge in [-0.3, -0.25) is 4.79 Å². The van der Waals surface area contributed by atoms with Crippen molar-refractivity contribution < 1.29 is 4.79 Å². The number of hydrogen-bond acceptors (Lipinski definition) is 4. The van der Waals surface area contributed by atoms with Gasteiger partial charge in [0.25, 0.3) is 5.91 Å². The maximum Gasteiger partial charge on any atom is 0.251 e. The number of nitrogens with zero attached hydrogens (tertiary/aromatic N) is 2. The second-order valence-electron chi connectivity index (χ2n) is 7.56. The minimum absolute atomic E-state index is 0.0854. The molecular formula is C22H24N4O. The molecule has 1 aromatic heterocycles. The molecule has 138 valence electrons. The molecule has 0 atom stereocenters. The Hall–Kier alpha value is -3.21. The maximum atomic E-state index is 12.2. The summed E-state index contributed by atoms with van der Waals surface area (Å²) in [5, 5.41) is 6.22. The molecule has 0 radical (unpaired) electrons. The number of aromatic nitrogens is 2. The van der Waals surface area contributed by atoms with Crippen LogP contribution in [-0.4, -0.2) is 21.4 Å². The van der Waals surface area contributed by atoms with Crippen molar-refractivity contribution in [1.29, 1.82) is 0 Å². The second-order valence-corrected chi connectivity index (χ2v) is 7.56. The molecule has 0 unspecified atom stereocenters. The van der Waals surface area contributed by atoms with Crippen LogP contribution >= 0.6 is 0 Å². The molecule has 1 heterocycles. The predicted octanol–water partition coefficient (Wildman–Crippen LogP) is 4.72. The van der Waals surface area contributed by atoms with Crippen molar-refractivity contribution in [2.45, 2.75) is 33.2 Å². The Balaban J connectivity index is 1.74. The Labute approximate surface area is 159 Å². The van der Waals surface area contributed by atoms with E-state index in [1.54, 1.807) is 18.5 Å². The number of anilines is 2. The van der Waals surface area contributed by atoms with Gasteiger partial charge in [0.1, 0.15) is 12.1 Å². The monoisotopic (exact) mass is 360 g/mol. The van der Waals surface area contributed by atoms with Crippen molar-refractivity contribution in [1.82, 2.24) is 15.3 Å². The van der Waals surface area contributed by atoms with Crippen LogP contribution in [0.25, 0.3) is 11.3 Å². The zero-order valence-electron chi connectivity index (χ0n) is 16.1. The number of benzene rings is 2. The fourth-order valence-electron chi connectivity index (χ4n) is 2.65. The third kappa shape index (κ3) is 5.14. The summed E-state index contributed by atoms with van der Waals surface area (Å²) >= 11 is 0. The Bertz CT molecular complexity index is 943. The van der Waals surface area contributed by atoms with Crippen LogP contribution in [0.15, 0.2) is 60.9 Å².